The van der Waals surface area contributed by atoms with Crippen LogP contribution < -0.4 is 19.6 Å². The van der Waals surface area contributed by atoms with Gasteiger partial charge in [-0.3, -0.25) is 0 Å². The lowest BCUT2D eigenvalue weighted by Crippen LogP contribution is -2.32. The molecule has 336 valence electrons. The topological polar surface area (TPSA) is 13.0 Å². The average Bonchev–Trinajstić information content (AvgIpc) is 3.63. The molecule has 0 radical (unpaired) electrons. The molecule has 0 aromatic heterocycles. The molecule has 2 aliphatic heterocycles. The molecule has 0 atom stereocenters. The van der Waals surface area contributed by atoms with Crippen molar-refractivity contribution in [2.75, 3.05) is 19.6 Å². The van der Waals surface area contributed by atoms with E-state index >= 15 is 0 Å². The first-order valence-corrected chi connectivity index (χ1v) is 24.6. The summed E-state index contributed by atoms with van der Waals surface area (Å²) in [5, 5.41) is 0. The number of nitrogens with zero attached hydrogens (tertiary/aromatic N) is 4. The van der Waals surface area contributed by atoms with E-state index < -0.39 is 0 Å². The van der Waals surface area contributed by atoms with Crippen LogP contribution in [0.5, 0.6) is 0 Å². The van der Waals surface area contributed by atoms with Gasteiger partial charge in [-0.15, -0.1) is 0 Å². The average molecular weight is 901 g/mol. The van der Waals surface area contributed by atoms with Crippen LogP contribution in [0.2, 0.25) is 0 Å². The molecule has 4 heteroatoms. The quantitative estimate of drug-likeness (QED) is 0.148. The number of para-hydroxylation sites is 8. The molecule has 0 fully saturated rings. The SMILES string of the molecule is Cc1cc(/C=C/c2ccc3c(c2)C(C)(C)c2cc(N4C5=C(C=CCC5)N(c5ccccc5)c5ccccc54)ccc2-3)ccc1-c1ccc(N2c3ccccc3N(c3ccccc3)c3ccccc32)cc1. The summed E-state index contributed by atoms with van der Waals surface area (Å²) in [4.78, 5) is 9.71. The van der Waals surface area contributed by atoms with Gasteiger partial charge in [-0.25, -0.2) is 0 Å². The van der Waals surface area contributed by atoms with Crippen molar-refractivity contribution in [1.82, 2.24) is 0 Å². The van der Waals surface area contributed by atoms with Crippen LogP contribution in [0.3, 0.4) is 0 Å². The van der Waals surface area contributed by atoms with E-state index in [0.29, 0.717) is 0 Å². The van der Waals surface area contributed by atoms with Crippen LogP contribution in [0, 0.1) is 6.92 Å². The van der Waals surface area contributed by atoms with Crippen molar-refractivity contribution in [3.05, 3.63) is 264 Å². The molecule has 0 spiro atoms. The van der Waals surface area contributed by atoms with E-state index in [1.807, 2.05) is 0 Å². The highest BCUT2D eigenvalue weighted by atomic mass is 15.3. The third-order valence-electron chi connectivity index (χ3n) is 14.8. The van der Waals surface area contributed by atoms with Gasteiger partial charge in [0.05, 0.1) is 39.8 Å². The lowest BCUT2D eigenvalue weighted by atomic mass is 9.81. The lowest BCUT2D eigenvalue weighted by Gasteiger charge is -2.42. The number of hydrogen-bond acceptors (Lipinski definition) is 4. The zero-order valence-corrected chi connectivity index (χ0v) is 39.7. The highest BCUT2D eigenvalue weighted by molar-refractivity contribution is 6.01. The first-order chi connectivity index (χ1) is 34.4. The third-order valence-corrected chi connectivity index (χ3v) is 14.8. The highest BCUT2D eigenvalue weighted by Crippen LogP contribution is 2.56. The van der Waals surface area contributed by atoms with E-state index in [1.165, 1.54) is 84.2 Å². The van der Waals surface area contributed by atoms with Gasteiger partial charge in [0.25, 0.3) is 0 Å². The van der Waals surface area contributed by atoms with Gasteiger partial charge >= 0.3 is 0 Å². The second-order valence-electron chi connectivity index (χ2n) is 19.4. The van der Waals surface area contributed by atoms with Crippen molar-refractivity contribution in [1.29, 1.82) is 0 Å². The largest absolute Gasteiger partial charge is 0.310 e. The minimum atomic E-state index is -0.170. The fourth-order valence-corrected chi connectivity index (χ4v) is 11.5. The highest BCUT2D eigenvalue weighted by Gasteiger charge is 2.38. The van der Waals surface area contributed by atoms with E-state index in [1.54, 1.807) is 0 Å². The van der Waals surface area contributed by atoms with E-state index in [0.717, 1.165) is 47.0 Å². The Morgan fingerprint density at radius 2 is 0.843 bits per heavy atom. The fraction of sp³-hybridized carbons (Fsp3) is 0.0909. The molecule has 9 aromatic carbocycles. The van der Waals surface area contributed by atoms with Crippen molar-refractivity contribution in [2.24, 2.45) is 0 Å². The second-order valence-corrected chi connectivity index (χ2v) is 19.4. The Morgan fingerprint density at radius 3 is 1.41 bits per heavy atom. The number of benzene rings is 9. The Kier molecular flexibility index (Phi) is 9.84. The molecule has 0 amide bonds. The van der Waals surface area contributed by atoms with Crippen LogP contribution in [0.25, 0.3) is 34.4 Å². The summed E-state index contributed by atoms with van der Waals surface area (Å²) in [6.07, 6.45) is 11.2. The zero-order valence-electron chi connectivity index (χ0n) is 39.7. The van der Waals surface area contributed by atoms with Crippen LogP contribution in [0.1, 0.15) is 54.5 Å². The van der Waals surface area contributed by atoms with E-state index in [9.17, 15) is 0 Å². The molecule has 70 heavy (non-hydrogen) atoms. The Hall–Kier alpha value is -8.60. The van der Waals surface area contributed by atoms with Crippen LogP contribution in [0.4, 0.5) is 56.9 Å². The molecule has 4 aliphatic rings. The molecular formula is C66H52N4. The molecular weight excluding hydrogens is 849 g/mol. The maximum atomic E-state index is 2.52. The van der Waals surface area contributed by atoms with Crippen molar-refractivity contribution in [3.63, 3.8) is 0 Å². The van der Waals surface area contributed by atoms with Crippen LogP contribution >= 0.6 is 0 Å². The minimum absolute atomic E-state index is 0.170. The summed E-state index contributed by atoms with van der Waals surface area (Å²) in [6.45, 7) is 7.01. The number of fused-ring (bicyclic) bond motifs is 6. The summed E-state index contributed by atoms with van der Waals surface area (Å²) in [7, 11) is 0. The van der Waals surface area contributed by atoms with Crippen molar-refractivity contribution < 1.29 is 0 Å². The number of aryl methyl sites for hydroxylation is 1. The molecule has 13 rings (SSSR count). The first kappa shape index (κ1) is 41.6. The number of rotatable bonds is 7. The fourth-order valence-electron chi connectivity index (χ4n) is 11.5. The number of hydrogen-bond donors (Lipinski definition) is 0. The van der Waals surface area contributed by atoms with Gasteiger partial charge in [-0.1, -0.05) is 159 Å². The van der Waals surface area contributed by atoms with E-state index in [2.05, 4.69) is 277 Å². The van der Waals surface area contributed by atoms with Crippen LogP contribution in [-0.4, -0.2) is 0 Å². The molecule has 0 unspecified atom stereocenters. The van der Waals surface area contributed by atoms with Gasteiger partial charge in [-0.05, 0) is 161 Å². The maximum absolute atomic E-state index is 2.52. The molecule has 0 saturated carbocycles. The molecule has 0 bridgehead atoms. The zero-order chi connectivity index (χ0) is 46.9. The van der Waals surface area contributed by atoms with Crippen molar-refractivity contribution in [3.8, 4) is 22.3 Å². The number of allylic oxidation sites excluding steroid dienone is 3. The molecule has 2 aliphatic carbocycles. The van der Waals surface area contributed by atoms with Crippen LogP contribution in [0.15, 0.2) is 236 Å². The summed E-state index contributed by atoms with van der Waals surface area (Å²) in [5.74, 6) is 0. The van der Waals surface area contributed by atoms with Gasteiger partial charge in [0.2, 0.25) is 0 Å². The summed E-state index contributed by atoms with van der Waals surface area (Å²) >= 11 is 0. The normalized spacial score (nSPS) is 15.1. The van der Waals surface area contributed by atoms with Gasteiger partial charge < -0.3 is 19.6 Å². The summed E-state index contributed by atoms with van der Waals surface area (Å²) in [6, 6.07) is 77.7. The van der Waals surface area contributed by atoms with Gasteiger partial charge in [0, 0.05) is 33.9 Å². The maximum Gasteiger partial charge on any atom is 0.0703 e. The molecule has 0 N–H and O–H groups in total. The summed E-state index contributed by atoms with van der Waals surface area (Å²) in [5.41, 5.74) is 25.6. The van der Waals surface area contributed by atoms with Crippen molar-refractivity contribution >= 4 is 69.0 Å². The third kappa shape index (κ3) is 6.74. The Balaban J connectivity index is 0.762. The Bertz CT molecular complexity index is 3550. The van der Waals surface area contributed by atoms with Crippen molar-refractivity contribution in [2.45, 2.75) is 39.0 Å². The summed E-state index contributed by atoms with van der Waals surface area (Å²) < 4.78 is 0. The second kappa shape index (κ2) is 16.6. The van der Waals surface area contributed by atoms with Gasteiger partial charge in [-0.2, -0.15) is 0 Å². The molecule has 9 aromatic rings. The monoisotopic (exact) mass is 900 g/mol. The lowest BCUT2D eigenvalue weighted by molar-refractivity contribution is 0.660. The van der Waals surface area contributed by atoms with E-state index in [-0.39, 0.29) is 5.41 Å². The molecule has 0 saturated heterocycles. The minimum Gasteiger partial charge on any atom is -0.310 e. The predicted octanol–water partition coefficient (Wildman–Crippen LogP) is 18.2. The first-order valence-electron chi connectivity index (χ1n) is 24.6. The van der Waals surface area contributed by atoms with Gasteiger partial charge in [0.1, 0.15) is 0 Å². The van der Waals surface area contributed by atoms with Crippen LogP contribution in [-0.2, 0) is 5.41 Å². The van der Waals surface area contributed by atoms with Gasteiger partial charge in [0.15, 0.2) is 0 Å². The molecule has 4 nitrogen and oxygen atoms in total. The number of anilines is 10. The molecule has 2 heterocycles. The smallest absolute Gasteiger partial charge is 0.0703 e. The Labute approximate surface area is 411 Å². The Morgan fingerprint density at radius 1 is 0.400 bits per heavy atom. The predicted molar refractivity (Wildman–Crippen MR) is 295 cm³/mol. The standard InChI is InChI=1S/C66H52N4/c1-45-42-46(32-39-53(45)48-34-36-51(37-35-48)69-60-24-12-10-22-58(60)67(49-18-6-4-7-19-49)59-23-11-13-25-61(59)69)30-31-47-33-40-54-55-41-38-52(44-57(55)66(2,3)56(54)43-47)70-64-28-16-14-26-62(64)68(50-20-8-5-9-21-50)63-27-15-17-29-65(63)70/h4-16,18-28,30-44H,17,29H2,1-3H3/b31-30+. The van der Waals surface area contributed by atoms with E-state index in [4.69, 9.17) is 0 Å².